The van der Waals surface area contributed by atoms with Crippen molar-refractivity contribution < 1.29 is 9.13 Å². The van der Waals surface area contributed by atoms with E-state index < -0.39 is 5.82 Å². The second-order valence-electron chi connectivity index (χ2n) is 5.34. The van der Waals surface area contributed by atoms with E-state index in [4.69, 9.17) is 16.3 Å². The summed E-state index contributed by atoms with van der Waals surface area (Å²) in [5, 5.41) is 3.50. The zero-order chi connectivity index (χ0) is 14.6. The van der Waals surface area contributed by atoms with Gasteiger partial charge in [0, 0.05) is 6.07 Å². The van der Waals surface area contributed by atoms with Crippen molar-refractivity contribution in [2.45, 2.75) is 44.6 Å². The van der Waals surface area contributed by atoms with Gasteiger partial charge >= 0.3 is 0 Å². The molecule has 0 spiro atoms. The van der Waals surface area contributed by atoms with Gasteiger partial charge in [-0.15, -0.1) is 0 Å². The molecule has 0 saturated heterocycles. The number of ether oxygens (including phenoxy) is 1. The lowest BCUT2D eigenvalue weighted by Crippen LogP contribution is -2.45. The zero-order valence-electron chi connectivity index (χ0n) is 11.6. The molecule has 0 bridgehead atoms. The molecule has 20 heavy (non-hydrogen) atoms. The molecule has 1 N–H and O–H groups in total. The van der Waals surface area contributed by atoms with E-state index in [1.54, 1.807) is 6.07 Å². The first-order valence-corrected chi connectivity index (χ1v) is 8.28. The van der Waals surface area contributed by atoms with Gasteiger partial charge in [0.1, 0.15) is 17.2 Å². The minimum absolute atomic E-state index is 0.108. The van der Waals surface area contributed by atoms with Gasteiger partial charge in [0.15, 0.2) is 0 Å². The average Bonchev–Trinajstić information content (AvgIpc) is 2.37. The first kappa shape index (κ1) is 16.1. The van der Waals surface area contributed by atoms with Crippen molar-refractivity contribution in [3.8, 4) is 5.75 Å². The lowest BCUT2D eigenvalue weighted by molar-refractivity contribution is -0.0150. The molecule has 0 amide bonds. The van der Waals surface area contributed by atoms with Crippen LogP contribution in [-0.2, 0) is 0 Å². The first-order chi connectivity index (χ1) is 9.56. The summed E-state index contributed by atoms with van der Waals surface area (Å²) < 4.78 is 20.4. The number of halogens is 3. The number of benzene rings is 1. The largest absolute Gasteiger partial charge is 0.486 e. The maximum Gasteiger partial charge on any atom is 0.145 e. The van der Waals surface area contributed by atoms with Crippen molar-refractivity contribution in [3.05, 3.63) is 27.4 Å². The number of nitrogens with one attached hydrogen (secondary N) is 1. The molecule has 1 saturated carbocycles. The summed E-state index contributed by atoms with van der Waals surface area (Å²) in [5.41, 5.74) is -0.149. The molecule has 112 valence electrons. The smallest absolute Gasteiger partial charge is 0.145 e. The Morgan fingerprint density at radius 1 is 1.40 bits per heavy atom. The van der Waals surface area contributed by atoms with Crippen LogP contribution in [0.1, 0.15) is 39.0 Å². The maximum atomic E-state index is 13.6. The lowest BCUT2D eigenvalue weighted by Gasteiger charge is -2.42. The predicted molar refractivity (Wildman–Crippen MR) is 84.1 cm³/mol. The van der Waals surface area contributed by atoms with Gasteiger partial charge in [-0.25, -0.2) is 4.39 Å². The van der Waals surface area contributed by atoms with Crippen LogP contribution in [0.2, 0.25) is 5.02 Å². The molecular formula is C15H20BrClFNO. The quantitative estimate of drug-likeness (QED) is 0.547. The Bertz CT molecular complexity index is 465. The van der Waals surface area contributed by atoms with Crippen molar-refractivity contribution in [2.75, 3.05) is 13.1 Å². The van der Waals surface area contributed by atoms with Gasteiger partial charge in [-0.2, -0.15) is 0 Å². The van der Waals surface area contributed by atoms with Gasteiger partial charge in [-0.1, -0.05) is 18.5 Å². The molecule has 2 nitrogen and oxygen atoms in total. The van der Waals surface area contributed by atoms with Crippen molar-refractivity contribution in [3.63, 3.8) is 0 Å². The third-order valence-corrected chi connectivity index (χ3v) is 4.66. The van der Waals surface area contributed by atoms with Gasteiger partial charge in [0.25, 0.3) is 0 Å². The van der Waals surface area contributed by atoms with Gasteiger partial charge in [-0.05, 0) is 67.2 Å². The summed E-state index contributed by atoms with van der Waals surface area (Å²) in [6.45, 7) is 4.10. The molecule has 0 heterocycles. The highest BCUT2D eigenvalue weighted by molar-refractivity contribution is 9.10. The summed E-state index contributed by atoms with van der Waals surface area (Å²) in [6.07, 6.45) is 5.29. The number of rotatable bonds is 7. The molecule has 1 aliphatic rings. The molecule has 0 unspecified atom stereocenters. The van der Waals surface area contributed by atoms with Crippen LogP contribution in [0.4, 0.5) is 4.39 Å². The molecule has 0 aliphatic heterocycles. The molecule has 0 atom stereocenters. The minimum atomic E-state index is -0.441. The monoisotopic (exact) mass is 363 g/mol. The van der Waals surface area contributed by atoms with Crippen LogP contribution in [0.5, 0.6) is 5.75 Å². The number of hydrogen-bond acceptors (Lipinski definition) is 2. The van der Waals surface area contributed by atoms with E-state index in [1.165, 1.54) is 12.5 Å². The molecule has 1 aliphatic carbocycles. The second-order valence-corrected chi connectivity index (χ2v) is 6.60. The topological polar surface area (TPSA) is 21.3 Å². The molecule has 1 aromatic rings. The lowest BCUT2D eigenvalue weighted by atomic mass is 9.77. The van der Waals surface area contributed by atoms with Crippen LogP contribution in [0, 0.1) is 5.82 Å². The van der Waals surface area contributed by atoms with E-state index in [-0.39, 0.29) is 10.6 Å². The van der Waals surface area contributed by atoms with Crippen LogP contribution in [-0.4, -0.2) is 18.7 Å². The van der Waals surface area contributed by atoms with Crippen LogP contribution in [0.15, 0.2) is 16.6 Å². The van der Waals surface area contributed by atoms with Gasteiger partial charge < -0.3 is 10.1 Å². The Labute approximate surface area is 133 Å². The second kappa shape index (κ2) is 7.10. The van der Waals surface area contributed by atoms with Crippen molar-refractivity contribution in [1.29, 1.82) is 0 Å². The standard InChI is InChI=1S/C15H20BrClFNO/c1-2-7-19-8-6-15(4-3-5-15)20-14-10-13(18)12(17)9-11(14)16/h9-10,19H,2-8H2,1H3. The Kier molecular flexibility index (Phi) is 5.70. The van der Waals surface area contributed by atoms with Crippen LogP contribution in [0.25, 0.3) is 0 Å². The fourth-order valence-electron chi connectivity index (χ4n) is 2.41. The van der Waals surface area contributed by atoms with E-state index in [0.717, 1.165) is 38.8 Å². The van der Waals surface area contributed by atoms with Gasteiger partial charge in [0.2, 0.25) is 0 Å². The van der Waals surface area contributed by atoms with Gasteiger partial charge in [0.05, 0.1) is 9.50 Å². The number of hydrogen-bond donors (Lipinski definition) is 1. The summed E-state index contributed by atoms with van der Waals surface area (Å²) in [7, 11) is 0. The molecule has 1 aromatic carbocycles. The molecular weight excluding hydrogens is 345 g/mol. The average molecular weight is 365 g/mol. The van der Waals surface area contributed by atoms with E-state index in [0.29, 0.717) is 10.2 Å². The summed E-state index contributed by atoms with van der Waals surface area (Å²) in [6, 6.07) is 2.92. The third-order valence-electron chi connectivity index (χ3n) is 3.75. The summed E-state index contributed by atoms with van der Waals surface area (Å²) in [4.78, 5) is 0. The maximum absolute atomic E-state index is 13.6. The minimum Gasteiger partial charge on any atom is -0.486 e. The molecule has 5 heteroatoms. The Morgan fingerprint density at radius 3 is 2.75 bits per heavy atom. The highest BCUT2D eigenvalue weighted by atomic mass is 79.9. The SMILES string of the molecule is CCCNCCC1(Oc2cc(F)c(Cl)cc2Br)CCC1. The van der Waals surface area contributed by atoms with E-state index in [1.807, 2.05) is 0 Å². The fraction of sp³-hybridized carbons (Fsp3) is 0.600. The molecule has 2 rings (SSSR count). The highest BCUT2D eigenvalue weighted by Crippen LogP contribution is 2.42. The van der Waals surface area contributed by atoms with Crippen LogP contribution < -0.4 is 10.1 Å². The molecule has 0 aromatic heterocycles. The summed E-state index contributed by atoms with van der Waals surface area (Å²) in [5.74, 6) is 0.102. The Balaban J connectivity index is 2.01. The summed E-state index contributed by atoms with van der Waals surface area (Å²) >= 11 is 9.14. The molecule has 1 fully saturated rings. The normalized spacial score (nSPS) is 16.8. The van der Waals surface area contributed by atoms with E-state index in [9.17, 15) is 4.39 Å². The fourth-order valence-corrected chi connectivity index (χ4v) is 3.13. The zero-order valence-corrected chi connectivity index (χ0v) is 14.0. The van der Waals surface area contributed by atoms with Crippen molar-refractivity contribution in [2.24, 2.45) is 0 Å². The van der Waals surface area contributed by atoms with Crippen LogP contribution >= 0.6 is 27.5 Å². The predicted octanol–water partition coefficient (Wildman–Crippen LogP) is 4.93. The third kappa shape index (κ3) is 3.86. The van der Waals surface area contributed by atoms with Gasteiger partial charge in [-0.3, -0.25) is 0 Å². The van der Waals surface area contributed by atoms with Crippen LogP contribution in [0.3, 0.4) is 0 Å². The van der Waals surface area contributed by atoms with Crippen molar-refractivity contribution >= 4 is 27.5 Å². The van der Waals surface area contributed by atoms with E-state index >= 15 is 0 Å². The Morgan fingerprint density at radius 2 is 2.15 bits per heavy atom. The van der Waals surface area contributed by atoms with E-state index in [2.05, 4.69) is 28.2 Å². The van der Waals surface area contributed by atoms with Crippen molar-refractivity contribution in [1.82, 2.24) is 5.32 Å². The first-order valence-electron chi connectivity index (χ1n) is 7.10. The highest BCUT2D eigenvalue weighted by Gasteiger charge is 2.39. The molecule has 0 radical (unpaired) electrons. The Hall–Kier alpha value is -0.320.